The summed E-state index contributed by atoms with van der Waals surface area (Å²) in [7, 11) is 0. The van der Waals surface area contributed by atoms with Crippen LogP contribution in [0.3, 0.4) is 0 Å². The molecule has 0 spiro atoms. The maximum Gasteiger partial charge on any atom is 0.246 e. The van der Waals surface area contributed by atoms with Gasteiger partial charge >= 0.3 is 0 Å². The van der Waals surface area contributed by atoms with Crippen LogP contribution in [0.25, 0.3) is 0 Å². The first-order chi connectivity index (χ1) is 7.91. The first kappa shape index (κ1) is 14.4. The third-order valence-electron chi connectivity index (χ3n) is 2.83. The van der Waals surface area contributed by atoms with E-state index in [2.05, 4.69) is 10.6 Å². The highest BCUT2D eigenvalue weighted by Gasteiger charge is 2.32. The van der Waals surface area contributed by atoms with E-state index < -0.39 is 6.10 Å². The van der Waals surface area contributed by atoms with E-state index in [4.69, 9.17) is 4.74 Å². The first-order valence-corrected chi connectivity index (χ1v) is 6.21. The lowest BCUT2D eigenvalue weighted by atomic mass is 10.0. The van der Waals surface area contributed by atoms with E-state index in [9.17, 15) is 9.90 Å². The molecule has 5 nitrogen and oxygen atoms in total. The Bertz CT molecular complexity index is 252. The van der Waals surface area contributed by atoms with Crippen LogP contribution in [-0.2, 0) is 9.53 Å². The van der Waals surface area contributed by atoms with Crippen LogP contribution in [0.15, 0.2) is 0 Å². The van der Waals surface area contributed by atoms with Gasteiger partial charge in [-0.25, -0.2) is 0 Å². The molecule has 1 atom stereocenters. The average Bonchev–Trinajstić information content (AvgIpc) is 2.20. The van der Waals surface area contributed by atoms with Gasteiger partial charge < -0.3 is 20.5 Å². The molecule has 0 aliphatic carbocycles. The molecule has 1 rings (SSSR count). The lowest BCUT2D eigenvalue weighted by Crippen LogP contribution is -2.59. The van der Waals surface area contributed by atoms with Gasteiger partial charge in [0.1, 0.15) is 6.61 Å². The molecular formula is C12H24N2O3. The summed E-state index contributed by atoms with van der Waals surface area (Å²) in [5.41, 5.74) is -0.201. The Hall–Kier alpha value is -0.650. The van der Waals surface area contributed by atoms with Crippen LogP contribution in [0.5, 0.6) is 0 Å². The Morgan fingerprint density at radius 3 is 2.65 bits per heavy atom. The third kappa shape index (κ3) is 5.48. The standard InChI is InChI=1S/C12H24N2O3/c1-9(2)4-10(15)5-14-11(16)6-17-12(3)7-13-8-12/h9-10,13,15H,4-8H2,1-3H3,(H,14,16). The van der Waals surface area contributed by atoms with Gasteiger partial charge in [0.15, 0.2) is 0 Å². The fourth-order valence-corrected chi connectivity index (χ4v) is 1.73. The number of rotatable bonds is 7. The fraction of sp³-hybridized carbons (Fsp3) is 0.917. The van der Waals surface area contributed by atoms with Crippen LogP contribution in [0, 0.1) is 5.92 Å². The molecule has 3 N–H and O–H groups in total. The predicted molar refractivity (Wildman–Crippen MR) is 65.7 cm³/mol. The van der Waals surface area contributed by atoms with Crippen molar-refractivity contribution >= 4 is 5.91 Å². The van der Waals surface area contributed by atoms with Crippen LogP contribution in [0.2, 0.25) is 0 Å². The van der Waals surface area contributed by atoms with E-state index in [1.54, 1.807) is 0 Å². The second-order valence-electron chi connectivity index (χ2n) is 5.43. The molecule has 1 aliphatic rings. The minimum Gasteiger partial charge on any atom is -0.391 e. The minimum absolute atomic E-state index is 0.0621. The van der Waals surface area contributed by atoms with Gasteiger partial charge in [-0.3, -0.25) is 4.79 Å². The van der Waals surface area contributed by atoms with E-state index in [-0.39, 0.29) is 18.1 Å². The third-order valence-corrected chi connectivity index (χ3v) is 2.83. The molecule has 5 heteroatoms. The molecule has 1 heterocycles. The monoisotopic (exact) mass is 244 g/mol. The largest absolute Gasteiger partial charge is 0.391 e. The van der Waals surface area contributed by atoms with Gasteiger partial charge in [-0.1, -0.05) is 13.8 Å². The van der Waals surface area contributed by atoms with Crippen molar-refractivity contribution in [2.75, 3.05) is 26.2 Å². The Balaban J connectivity index is 2.08. The van der Waals surface area contributed by atoms with Crippen molar-refractivity contribution < 1.29 is 14.6 Å². The maximum absolute atomic E-state index is 11.5. The highest BCUT2D eigenvalue weighted by Crippen LogP contribution is 2.14. The average molecular weight is 244 g/mol. The summed E-state index contributed by atoms with van der Waals surface area (Å²) in [5, 5.41) is 15.4. The second-order valence-corrected chi connectivity index (χ2v) is 5.43. The summed E-state index contributed by atoms with van der Waals surface area (Å²) in [4.78, 5) is 11.5. The molecule has 1 amide bonds. The Morgan fingerprint density at radius 1 is 1.53 bits per heavy atom. The van der Waals surface area contributed by atoms with E-state index in [1.807, 2.05) is 20.8 Å². The molecule has 1 fully saturated rings. The number of hydrogen-bond acceptors (Lipinski definition) is 4. The van der Waals surface area contributed by atoms with Crippen molar-refractivity contribution in [1.29, 1.82) is 0 Å². The molecule has 0 bridgehead atoms. The lowest BCUT2D eigenvalue weighted by molar-refractivity contribution is -0.136. The molecule has 0 aromatic rings. The van der Waals surface area contributed by atoms with Crippen molar-refractivity contribution in [1.82, 2.24) is 10.6 Å². The molecular weight excluding hydrogens is 220 g/mol. The van der Waals surface area contributed by atoms with E-state index in [0.29, 0.717) is 18.9 Å². The van der Waals surface area contributed by atoms with Gasteiger partial charge in [-0.15, -0.1) is 0 Å². The van der Waals surface area contributed by atoms with Gasteiger partial charge in [-0.2, -0.15) is 0 Å². The number of hydrogen-bond donors (Lipinski definition) is 3. The van der Waals surface area contributed by atoms with Gasteiger partial charge in [-0.05, 0) is 19.3 Å². The zero-order chi connectivity index (χ0) is 12.9. The summed E-state index contributed by atoms with van der Waals surface area (Å²) < 4.78 is 5.48. The molecule has 0 radical (unpaired) electrons. The summed E-state index contributed by atoms with van der Waals surface area (Å²) in [6.45, 7) is 8.00. The fourth-order valence-electron chi connectivity index (χ4n) is 1.73. The Labute approximate surface area is 103 Å². The Kier molecular flexibility index (Phi) is 5.36. The molecule has 1 aliphatic heterocycles. The number of carbonyl (C=O) groups is 1. The number of ether oxygens (including phenoxy) is 1. The highest BCUT2D eigenvalue weighted by atomic mass is 16.5. The van der Waals surface area contributed by atoms with Crippen LogP contribution in [0.4, 0.5) is 0 Å². The minimum atomic E-state index is -0.472. The van der Waals surface area contributed by atoms with Crippen molar-refractivity contribution in [3.63, 3.8) is 0 Å². The summed E-state index contributed by atoms with van der Waals surface area (Å²) in [6, 6.07) is 0. The summed E-state index contributed by atoms with van der Waals surface area (Å²) >= 11 is 0. The van der Waals surface area contributed by atoms with Gasteiger partial charge in [0.2, 0.25) is 5.91 Å². The van der Waals surface area contributed by atoms with Crippen molar-refractivity contribution in [3.05, 3.63) is 0 Å². The molecule has 17 heavy (non-hydrogen) atoms. The van der Waals surface area contributed by atoms with Crippen LogP contribution < -0.4 is 10.6 Å². The zero-order valence-electron chi connectivity index (χ0n) is 11.0. The predicted octanol–water partition coefficient (Wildman–Crippen LogP) is -0.112. The van der Waals surface area contributed by atoms with Crippen LogP contribution in [0.1, 0.15) is 27.2 Å². The van der Waals surface area contributed by atoms with E-state index in [1.165, 1.54) is 0 Å². The number of amides is 1. The van der Waals surface area contributed by atoms with E-state index >= 15 is 0 Å². The van der Waals surface area contributed by atoms with Crippen molar-refractivity contribution in [3.8, 4) is 0 Å². The van der Waals surface area contributed by atoms with Gasteiger partial charge in [0.05, 0.1) is 11.7 Å². The van der Waals surface area contributed by atoms with Crippen molar-refractivity contribution in [2.45, 2.75) is 38.9 Å². The SMILES string of the molecule is CC(C)CC(O)CNC(=O)COC1(C)CNC1. The molecule has 100 valence electrons. The lowest BCUT2D eigenvalue weighted by Gasteiger charge is -2.38. The summed E-state index contributed by atoms with van der Waals surface area (Å²) in [5.74, 6) is 0.263. The van der Waals surface area contributed by atoms with Gasteiger partial charge in [0.25, 0.3) is 0 Å². The number of nitrogens with one attached hydrogen (secondary N) is 2. The highest BCUT2D eigenvalue weighted by molar-refractivity contribution is 5.77. The molecule has 0 aromatic heterocycles. The van der Waals surface area contributed by atoms with Crippen molar-refractivity contribution in [2.24, 2.45) is 5.92 Å². The van der Waals surface area contributed by atoms with Gasteiger partial charge in [0, 0.05) is 19.6 Å². The summed E-state index contributed by atoms with van der Waals surface area (Å²) in [6.07, 6.45) is 0.225. The topological polar surface area (TPSA) is 70.6 Å². The number of aliphatic hydroxyl groups is 1. The van der Waals surface area contributed by atoms with E-state index in [0.717, 1.165) is 13.1 Å². The second kappa shape index (κ2) is 6.33. The van der Waals surface area contributed by atoms with Crippen LogP contribution in [-0.4, -0.2) is 49.0 Å². The molecule has 1 unspecified atom stereocenters. The van der Waals surface area contributed by atoms with Crippen LogP contribution >= 0.6 is 0 Å². The molecule has 0 aromatic carbocycles. The number of carbonyl (C=O) groups excluding carboxylic acids is 1. The normalized spacial score (nSPS) is 19.8. The maximum atomic E-state index is 11.5. The molecule has 0 saturated carbocycles. The smallest absolute Gasteiger partial charge is 0.246 e. The quantitative estimate of drug-likeness (QED) is 0.584. The molecule has 1 saturated heterocycles. The zero-order valence-corrected chi connectivity index (χ0v) is 11.0. The number of aliphatic hydroxyl groups excluding tert-OH is 1. The first-order valence-electron chi connectivity index (χ1n) is 6.21. The Morgan fingerprint density at radius 2 is 2.18 bits per heavy atom.